The van der Waals surface area contributed by atoms with Crippen LogP contribution in [0, 0.1) is 23.7 Å². The number of aromatic amines is 2. The highest BCUT2D eigenvalue weighted by Crippen LogP contribution is 2.33. The number of carbonyl (C=O) groups excluding carboxylic acids is 2. The average molecular weight is 657 g/mol. The van der Waals surface area contributed by atoms with E-state index in [2.05, 4.69) is 33.6 Å². The summed E-state index contributed by atoms with van der Waals surface area (Å²) in [6, 6.07) is 31.5. The third-order valence-corrected chi connectivity index (χ3v) is 9.65. The van der Waals surface area contributed by atoms with E-state index in [1.54, 1.807) is 0 Å². The molecule has 50 heavy (non-hydrogen) atoms. The van der Waals surface area contributed by atoms with Gasteiger partial charge in [-0.05, 0) is 85.0 Å². The van der Waals surface area contributed by atoms with E-state index in [0.717, 1.165) is 94.7 Å². The van der Waals surface area contributed by atoms with E-state index in [0.29, 0.717) is 12.8 Å². The lowest BCUT2D eigenvalue weighted by Gasteiger charge is -2.23. The molecule has 2 aliphatic rings. The van der Waals surface area contributed by atoms with Gasteiger partial charge in [0.2, 0.25) is 11.8 Å². The molecule has 4 heterocycles. The van der Waals surface area contributed by atoms with Crippen LogP contribution in [0.3, 0.4) is 0 Å². The zero-order valence-electron chi connectivity index (χ0n) is 27.7. The Hall–Kier alpha value is -6.12. The van der Waals surface area contributed by atoms with E-state index in [-0.39, 0.29) is 23.9 Å². The van der Waals surface area contributed by atoms with Gasteiger partial charge in [-0.15, -0.1) is 0 Å². The molecule has 0 saturated carbocycles. The monoisotopic (exact) mass is 656 g/mol. The Morgan fingerprint density at radius 1 is 0.620 bits per heavy atom. The maximum atomic E-state index is 13.2. The van der Waals surface area contributed by atoms with E-state index in [4.69, 9.17) is 9.97 Å². The van der Waals surface area contributed by atoms with Crippen LogP contribution >= 0.6 is 0 Å². The number of amides is 2. The number of carbonyl (C=O) groups is 2. The first-order valence-electron chi connectivity index (χ1n) is 17.3. The lowest BCUT2D eigenvalue weighted by Crippen LogP contribution is -2.32. The van der Waals surface area contributed by atoms with Crippen LogP contribution in [0.1, 0.15) is 71.7 Å². The first kappa shape index (κ1) is 31.2. The zero-order chi connectivity index (χ0) is 33.9. The third-order valence-electron chi connectivity index (χ3n) is 9.65. The molecule has 2 atom stereocenters. The van der Waals surface area contributed by atoms with Gasteiger partial charge in [0.15, 0.2) is 0 Å². The van der Waals surface area contributed by atoms with Crippen molar-refractivity contribution in [2.45, 2.75) is 50.6 Å². The molecule has 2 aliphatic heterocycles. The van der Waals surface area contributed by atoms with Crippen molar-refractivity contribution < 1.29 is 9.59 Å². The number of likely N-dealkylation sites (tertiary alicyclic amines) is 2. The molecule has 0 spiro atoms. The predicted molar refractivity (Wildman–Crippen MR) is 194 cm³/mol. The quantitative estimate of drug-likeness (QED) is 0.196. The van der Waals surface area contributed by atoms with Gasteiger partial charge in [-0.2, -0.15) is 0 Å². The van der Waals surface area contributed by atoms with Crippen LogP contribution in [-0.2, 0) is 22.4 Å². The molecule has 8 heteroatoms. The normalized spacial score (nSPS) is 17.0. The third kappa shape index (κ3) is 6.61. The topological polar surface area (TPSA) is 98.0 Å². The summed E-state index contributed by atoms with van der Waals surface area (Å²) in [5.41, 5.74) is 7.18. The molecule has 6 aromatic rings. The van der Waals surface area contributed by atoms with E-state index in [1.165, 1.54) is 0 Å². The molecule has 0 aliphatic carbocycles. The van der Waals surface area contributed by atoms with Crippen LogP contribution < -0.4 is 0 Å². The number of hydrogen-bond donors (Lipinski definition) is 2. The summed E-state index contributed by atoms with van der Waals surface area (Å²) in [5.74, 6) is 14.2. The van der Waals surface area contributed by atoms with E-state index >= 15 is 0 Å². The van der Waals surface area contributed by atoms with E-state index < -0.39 is 0 Å². The second-order valence-corrected chi connectivity index (χ2v) is 13.0. The number of imidazole rings is 2. The van der Waals surface area contributed by atoms with Crippen LogP contribution in [-0.4, -0.2) is 54.6 Å². The Morgan fingerprint density at radius 3 is 1.50 bits per heavy atom. The van der Waals surface area contributed by atoms with Gasteiger partial charge in [0, 0.05) is 24.2 Å². The fourth-order valence-corrected chi connectivity index (χ4v) is 7.17. The Morgan fingerprint density at radius 2 is 1.06 bits per heavy atom. The molecule has 8 rings (SSSR count). The summed E-state index contributed by atoms with van der Waals surface area (Å²) in [7, 11) is 0. The van der Waals surface area contributed by atoms with Gasteiger partial charge in [0.1, 0.15) is 11.6 Å². The molecule has 2 amide bonds. The Labute approximate surface area is 290 Å². The summed E-state index contributed by atoms with van der Waals surface area (Å²) < 4.78 is 0. The molecule has 8 nitrogen and oxygen atoms in total. The zero-order valence-corrected chi connectivity index (χ0v) is 27.7. The number of benzene rings is 4. The van der Waals surface area contributed by atoms with Crippen molar-refractivity contribution in [2.24, 2.45) is 0 Å². The Kier molecular flexibility index (Phi) is 8.59. The lowest BCUT2D eigenvalue weighted by atomic mass is 10.1. The smallest absolute Gasteiger partial charge is 0.227 e. The second kappa shape index (κ2) is 13.8. The van der Waals surface area contributed by atoms with Gasteiger partial charge in [0.05, 0.1) is 47.0 Å². The SMILES string of the molecule is O=C(Cc1ccccc1)N1CCC[C@H]1c1nc2cc(C#CC#Cc3ccc4[nH]c([C@@H]5CCCN5C(=O)Cc5ccccc5)nc4c3)ccc2[nH]1. The first-order valence-corrected chi connectivity index (χ1v) is 17.3. The second-order valence-electron chi connectivity index (χ2n) is 13.0. The molecular formula is C42H36N6O2. The minimum atomic E-state index is -0.0545. The fraction of sp³-hybridized carbons (Fsp3) is 0.238. The van der Waals surface area contributed by atoms with Crippen LogP contribution in [0.4, 0.5) is 0 Å². The van der Waals surface area contributed by atoms with Crippen molar-refractivity contribution in [3.8, 4) is 23.7 Å². The summed E-state index contributed by atoms with van der Waals surface area (Å²) in [6.07, 6.45) is 4.49. The first-order chi connectivity index (χ1) is 24.6. The van der Waals surface area contributed by atoms with Gasteiger partial charge < -0.3 is 19.8 Å². The molecule has 4 aromatic carbocycles. The molecule has 0 unspecified atom stereocenters. The van der Waals surface area contributed by atoms with Crippen molar-refractivity contribution in [1.82, 2.24) is 29.7 Å². The molecule has 2 N–H and O–H groups in total. The van der Waals surface area contributed by atoms with Crippen LogP contribution in [0.25, 0.3) is 22.1 Å². The highest BCUT2D eigenvalue weighted by molar-refractivity contribution is 5.82. The number of H-pyrrole nitrogens is 2. The number of nitrogens with zero attached hydrogens (tertiary/aromatic N) is 4. The minimum Gasteiger partial charge on any atom is -0.340 e. The molecule has 0 radical (unpaired) electrons. The molecule has 246 valence electrons. The summed E-state index contributed by atoms with van der Waals surface area (Å²) in [6.45, 7) is 1.48. The van der Waals surface area contributed by atoms with E-state index in [9.17, 15) is 9.59 Å². The predicted octanol–water partition coefficient (Wildman–Crippen LogP) is 6.65. The molecule has 2 aromatic heterocycles. The highest BCUT2D eigenvalue weighted by Gasteiger charge is 2.33. The van der Waals surface area contributed by atoms with Crippen molar-refractivity contribution in [1.29, 1.82) is 0 Å². The van der Waals surface area contributed by atoms with Crippen LogP contribution in [0.5, 0.6) is 0 Å². The van der Waals surface area contributed by atoms with Gasteiger partial charge in [-0.25, -0.2) is 9.97 Å². The number of nitrogens with one attached hydrogen (secondary N) is 2. The van der Waals surface area contributed by atoms with Crippen molar-refractivity contribution >= 4 is 33.9 Å². The van der Waals surface area contributed by atoms with Crippen LogP contribution in [0.2, 0.25) is 0 Å². The Balaban J connectivity index is 0.936. The van der Waals surface area contributed by atoms with Crippen molar-refractivity contribution in [2.75, 3.05) is 13.1 Å². The number of hydrogen-bond acceptors (Lipinski definition) is 4. The van der Waals surface area contributed by atoms with Gasteiger partial charge in [-0.1, -0.05) is 72.5 Å². The van der Waals surface area contributed by atoms with Gasteiger partial charge in [0.25, 0.3) is 0 Å². The standard InChI is InChI=1S/C42H36N6O2/c49-39(27-29-11-3-1-4-12-29)47-23-9-17-37(47)41-43-33-21-19-31(25-35(33)45-41)15-7-8-16-32-20-22-34-36(26-32)46-42(44-34)38-18-10-24-48(38)40(50)28-30-13-5-2-6-14-30/h1-6,11-14,19-22,25-26,37-38H,9-10,17-18,23-24,27-28H2,(H,43,45)(H,44,46)/t37-,38-/m0/s1. The van der Waals surface area contributed by atoms with Crippen molar-refractivity contribution in [3.05, 3.63) is 131 Å². The van der Waals surface area contributed by atoms with Gasteiger partial charge >= 0.3 is 0 Å². The maximum absolute atomic E-state index is 13.2. The molecular weight excluding hydrogens is 621 g/mol. The van der Waals surface area contributed by atoms with Gasteiger partial charge in [-0.3, -0.25) is 9.59 Å². The molecule has 2 saturated heterocycles. The van der Waals surface area contributed by atoms with E-state index in [1.807, 2.05) is 107 Å². The molecule has 0 bridgehead atoms. The fourth-order valence-electron chi connectivity index (χ4n) is 7.17. The minimum absolute atomic E-state index is 0.0545. The summed E-state index contributed by atoms with van der Waals surface area (Å²) in [4.78, 5) is 46.9. The molecule has 2 fully saturated rings. The highest BCUT2D eigenvalue weighted by atomic mass is 16.2. The number of rotatable bonds is 6. The number of aromatic nitrogens is 4. The Bertz CT molecular complexity index is 2150. The van der Waals surface area contributed by atoms with Crippen LogP contribution in [0.15, 0.2) is 97.1 Å². The summed E-state index contributed by atoms with van der Waals surface area (Å²) >= 11 is 0. The average Bonchev–Trinajstić information content (AvgIpc) is 3.96. The summed E-state index contributed by atoms with van der Waals surface area (Å²) in [5, 5.41) is 0. The number of fused-ring (bicyclic) bond motifs is 2. The van der Waals surface area contributed by atoms with Crippen molar-refractivity contribution in [3.63, 3.8) is 0 Å². The maximum Gasteiger partial charge on any atom is 0.227 e. The lowest BCUT2D eigenvalue weighted by molar-refractivity contribution is -0.132. The largest absolute Gasteiger partial charge is 0.340 e.